The van der Waals surface area contributed by atoms with Crippen molar-refractivity contribution in [3.63, 3.8) is 0 Å². The number of benzene rings is 2. The Balaban J connectivity index is 2.24. The fourth-order valence-corrected chi connectivity index (χ4v) is 4.63. The van der Waals surface area contributed by atoms with Crippen LogP contribution in [0, 0.1) is 0 Å². The van der Waals surface area contributed by atoms with Gasteiger partial charge in [-0.1, -0.05) is 50.1 Å². The number of alkyl halides is 3. The van der Waals surface area contributed by atoms with E-state index in [2.05, 4.69) is 58.5 Å². The highest BCUT2D eigenvalue weighted by Gasteiger charge is 2.39. The van der Waals surface area contributed by atoms with Crippen molar-refractivity contribution in [1.29, 1.82) is 0 Å². The molecule has 0 bridgehead atoms. The standard InChI is InChI=1S/C21H19Br3F3N3O2/c1-3-28-20(32)30(2)29-19(31)16-6-4-12(8-18(16)24)5-7-17(21(25,26)27)13-9-14(22)11-15(23)10-13/h4-11,17H,3H2,1-2H3,(H,28,32)(H,29,31)/b7-5+. The van der Waals surface area contributed by atoms with Gasteiger partial charge in [-0.15, -0.1) is 0 Å². The molecular formula is C21H19Br3F3N3O2. The maximum Gasteiger partial charge on any atom is 0.399 e. The van der Waals surface area contributed by atoms with E-state index < -0.39 is 24.0 Å². The summed E-state index contributed by atoms with van der Waals surface area (Å²) in [6, 6.07) is 8.53. The minimum absolute atomic E-state index is 0.0819. The summed E-state index contributed by atoms with van der Waals surface area (Å²) in [5, 5.41) is 3.55. The number of carbonyl (C=O) groups excluding carboxylic acids is 2. The van der Waals surface area contributed by atoms with Crippen LogP contribution in [-0.4, -0.2) is 36.7 Å². The van der Waals surface area contributed by atoms with Crippen molar-refractivity contribution in [3.05, 3.63) is 72.6 Å². The summed E-state index contributed by atoms with van der Waals surface area (Å²) in [4.78, 5) is 24.1. The number of carbonyl (C=O) groups is 2. The highest BCUT2D eigenvalue weighted by Crippen LogP contribution is 2.38. The molecule has 0 aliphatic rings. The van der Waals surface area contributed by atoms with Crippen LogP contribution in [0.15, 0.2) is 55.9 Å². The second-order valence-corrected chi connectivity index (χ2v) is 9.34. The fourth-order valence-electron chi connectivity index (χ4n) is 2.72. The number of urea groups is 1. The molecule has 2 aromatic carbocycles. The second kappa shape index (κ2) is 11.3. The Labute approximate surface area is 208 Å². The number of hydrogen-bond acceptors (Lipinski definition) is 2. The number of hydrazine groups is 1. The lowest BCUT2D eigenvalue weighted by Crippen LogP contribution is -2.48. The van der Waals surface area contributed by atoms with E-state index in [1.807, 2.05) is 0 Å². The Morgan fingerprint density at radius 3 is 2.25 bits per heavy atom. The summed E-state index contributed by atoms with van der Waals surface area (Å²) < 4.78 is 42.5. The number of allylic oxidation sites excluding steroid dienone is 1. The van der Waals surface area contributed by atoms with Crippen LogP contribution in [0.3, 0.4) is 0 Å². The molecule has 0 radical (unpaired) electrons. The van der Waals surface area contributed by atoms with Gasteiger partial charge in [0.05, 0.1) is 11.5 Å². The summed E-state index contributed by atoms with van der Waals surface area (Å²) in [5.74, 6) is -2.36. The largest absolute Gasteiger partial charge is 0.399 e. The van der Waals surface area contributed by atoms with Gasteiger partial charge in [-0.2, -0.15) is 13.2 Å². The smallest absolute Gasteiger partial charge is 0.337 e. The topological polar surface area (TPSA) is 61.4 Å². The van der Waals surface area contributed by atoms with E-state index in [1.165, 1.54) is 43.5 Å². The second-order valence-electron chi connectivity index (χ2n) is 6.66. The monoisotopic (exact) mass is 639 g/mol. The number of nitrogens with one attached hydrogen (secondary N) is 2. The summed E-state index contributed by atoms with van der Waals surface area (Å²) in [5.41, 5.74) is 3.19. The van der Waals surface area contributed by atoms with Crippen molar-refractivity contribution in [1.82, 2.24) is 15.8 Å². The van der Waals surface area contributed by atoms with E-state index in [0.717, 1.165) is 11.1 Å². The third-order valence-corrected chi connectivity index (χ3v) is 5.79. The van der Waals surface area contributed by atoms with Gasteiger partial charge in [0, 0.05) is 27.0 Å². The molecule has 5 nitrogen and oxygen atoms in total. The quantitative estimate of drug-likeness (QED) is 0.360. The summed E-state index contributed by atoms with van der Waals surface area (Å²) in [6.07, 6.45) is -2.07. The number of hydrogen-bond donors (Lipinski definition) is 2. The molecule has 0 fully saturated rings. The summed E-state index contributed by atoms with van der Waals surface area (Å²) in [6.45, 7) is 2.15. The van der Waals surface area contributed by atoms with E-state index in [-0.39, 0.29) is 11.1 Å². The molecule has 32 heavy (non-hydrogen) atoms. The van der Waals surface area contributed by atoms with Crippen LogP contribution in [0.25, 0.3) is 6.08 Å². The molecule has 1 unspecified atom stereocenters. The van der Waals surface area contributed by atoms with Crippen molar-refractivity contribution in [2.75, 3.05) is 13.6 Å². The Bertz CT molecular complexity index is 1010. The highest BCUT2D eigenvalue weighted by atomic mass is 79.9. The normalized spacial score (nSPS) is 12.5. The van der Waals surface area contributed by atoms with Crippen LogP contribution in [0.5, 0.6) is 0 Å². The van der Waals surface area contributed by atoms with E-state index in [1.54, 1.807) is 13.0 Å². The minimum atomic E-state index is -4.49. The third-order valence-electron chi connectivity index (χ3n) is 4.22. The molecule has 0 saturated heterocycles. The number of halogens is 6. The molecule has 0 aliphatic heterocycles. The van der Waals surface area contributed by atoms with Crippen LogP contribution >= 0.6 is 47.8 Å². The fraction of sp³-hybridized carbons (Fsp3) is 0.238. The Kier molecular flexibility index (Phi) is 9.35. The minimum Gasteiger partial charge on any atom is -0.337 e. The van der Waals surface area contributed by atoms with Gasteiger partial charge in [0.1, 0.15) is 0 Å². The van der Waals surface area contributed by atoms with Crippen LogP contribution in [0.2, 0.25) is 0 Å². The first kappa shape index (κ1) is 26.4. The van der Waals surface area contributed by atoms with Gasteiger partial charge in [0.2, 0.25) is 0 Å². The van der Waals surface area contributed by atoms with Crippen molar-refractivity contribution in [2.45, 2.75) is 19.0 Å². The zero-order valence-corrected chi connectivity index (χ0v) is 21.7. The lowest BCUT2D eigenvalue weighted by Gasteiger charge is -2.19. The van der Waals surface area contributed by atoms with Gasteiger partial charge in [0.25, 0.3) is 5.91 Å². The van der Waals surface area contributed by atoms with Gasteiger partial charge in [-0.3, -0.25) is 10.2 Å². The molecule has 0 spiro atoms. The highest BCUT2D eigenvalue weighted by molar-refractivity contribution is 9.11. The SMILES string of the molecule is CCNC(=O)N(C)NC(=O)c1ccc(/C=C/C(c2cc(Br)cc(Br)c2)C(F)(F)F)cc1Br. The lowest BCUT2D eigenvalue weighted by atomic mass is 9.97. The Morgan fingerprint density at radius 2 is 1.72 bits per heavy atom. The first-order valence-electron chi connectivity index (χ1n) is 9.25. The molecule has 2 aromatic rings. The average molecular weight is 642 g/mol. The van der Waals surface area contributed by atoms with Gasteiger partial charge in [0.15, 0.2) is 0 Å². The molecule has 2 N–H and O–H groups in total. The van der Waals surface area contributed by atoms with Gasteiger partial charge >= 0.3 is 12.2 Å². The molecule has 3 amide bonds. The summed E-state index contributed by atoms with van der Waals surface area (Å²) in [7, 11) is 1.39. The number of rotatable bonds is 5. The van der Waals surface area contributed by atoms with E-state index in [4.69, 9.17) is 0 Å². The first-order valence-corrected chi connectivity index (χ1v) is 11.6. The molecule has 2 rings (SSSR count). The van der Waals surface area contributed by atoms with E-state index in [9.17, 15) is 22.8 Å². The van der Waals surface area contributed by atoms with E-state index >= 15 is 0 Å². The van der Waals surface area contributed by atoms with E-state index in [0.29, 0.717) is 25.5 Å². The van der Waals surface area contributed by atoms with Gasteiger partial charge in [-0.05, 0) is 64.3 Å². The molecule has 0 aliphatic carbocycles. The van der Waals surface area contributed by atoms with Crippen LogP contribution in [0.4, 0.5) is 18.0 Å². The zero-order valence-electron chi connectivity index (χ0n) is 16.9. The molecular weight excluding hydrogens is 623 g/mol. The summed E-state index contributed by atoms with van der Waals surface area (Å²) >= 11 is 9.70. The maximum atomic E-state index is 13.7. The predicted molar refractivity (Wildman–Crippen MR) is 128 cm³/mol. The first-order chi connectivity index (χ1) is 14.9. The average Bonchev–Trinajstić information content (AvgIpc) is 2.66. The molecule has 1 atom stereocenters. The number of amides is 3. The molecule has 0 heterocycles. The van der Waals surface area contributed by atoms with Gasteiger partial charge in [-0.25, -0.2) is 9.80 Å². The molecule has 0 saturated carbocycles. The van der Waals surface area contributed by atoms with Crippen LogP contribution in [0.1, 0.15) is 34.3 Å². The molecule has 172 valence electrons. The maximum absolute atomic E-state index is 13.7. The molecule has 0 aromatic heterocycles. The Hall–Kier alpha value is -1.85. The predicted octanol–water partition coefficient (Wildman–Crippen LogP) is 6.64. The van der Waals surface area contributed by atoms with Crippen molar-refractivity contribution in [3.8, 4) is 0 Å². The van der Waals surface area contributed by atoms with Crippen LogP contribution in [-0.2, 0) is 0 Å². The Morgan fingerprint density at radius 1 is 1.09 bits per heavy atom. The van der Waals surface area contributed by atoms with Crippen molar-refractivity contribution in [2.24, 2.45) is 0 Å². The zero-order chi connectivity index (χ0) is 24.1. The number of nitrogens with zero attached hydrogens (tertiary/aromatic N) is 1. The van der Waals surface area contributed by atoms with Gasteiger partial charge < -0.3 is 5.32 Å². The third kappa shape index (κ3) is 7.35. The molecule has 11 heteroatoms. The lowest BCUT2D eigenvalue weighted by molar-refractivity contribution is -0.139. The van der Waals surface area contributed by atoms with Crippen molar-refractivity contribution < 1.29 is 22.8 Å². The van der Waals surface area contributed by atoms with Crippen molar-refractivity contribution >= 4 is 65.8 Å². The van der Waals surface area contributed by atoms with Crippen LogP contribution < -0.4 is 10.7 Å².